The molecule has 1 saturated heterocycles. The van der Waals surface area contributed by atoms with Crippen molar-refractivity contribution in [3.8, 4) is 5.75 Å². The third-order valence-corrected chi connectivity index (χ3v) is 4.25. The first-order chi connectivity index (χ1) is 11.2. The van der Waals surface area contributed by atoms with Crippen molar-refractivity contribution in [1.29, 1.82) is 0 Å². The zero-order valence-corrected chi connectivity index (χ0v) is 15.4. The molecule has 0 aromatic heterocycles. The molecule has 0 N–H and O–H groups in total. The zero-order valence-electron chi connectivity index (χ0n) is 14.6. The Bertz CT molecular complexity index is 618. The Labute approximate surface area is 147 Å². The first-order valence-electron chi connectivity index (χ1n) is 8.02. The van der Waals surface area contributed by atoms with Gasteiger partial charge in [-0.15, -0.1) is 0 Å². The highest BCUT2D eigenvalue weighted by Crippen LogP contribution is 2.34. The van der Waals surface area contributed by atoms with Gasteiger partial charge in [-0.1, -0.05) is 32.4 Å². The van der Waals surface area contributed by atoms with Crippen LogP contribution in [0, 0.1) is 0 Å². The second-order valence-corrected chi connectivity index (χ2v) is 7.44. The molecular weight excluding hydrogens is 330 g/mol. The summed E-state index contributed by atoms with van der Waals surface area (Å²) in [6.07, 6.45) is 0.255. The van der Waals surface area contributed by atoms with Gasteiger partial charge in [-0.25, -0.2) is 0 Å². The van der Waals surface area contributed by atoms with Crippen molar-refractivity contribution in [3.05, 3.63) is 28.8 Å². The van der Waals surface area contributed by atoms with Gasteiger partial charge >= 0.3 is 5.97 Å². The van der Waals surface area contributed by atoms with E-state index in [0.717, 1.165) is 11.3 Å². The molecule has 0 unspecified atom stereocenters. The number of ether oxygens (including phenoxy) is 2. The molecule has 1 aliphatic heterocycles. The van der Waals surface area contributed by atoms with E-state index in [1.807, 2.05) is 18.2 Å². The Morgan fingerprint density at radius 3 is 2.50 bits per heavy atom. The van der Waals surface area contributed by atoms with E-state index in [1.165, 1.54) is 7.11 Å². The Morgan fingerprint density at radius 1 is 1.25 bits per heavy atom. The third-order valence-electron chi connectivity index (χ3n) is 4.01. The van der Waals surface area contributed by atoms with E-state index in [4.69, 9.17) is 16.3 Å². The lowest BCUT2D eigenvalue weighted by atomic mass is 9.86. The van der Waals surface area contributed by atoms with E-state index in [9.17, 15) is 9.59 Å². The molecule has 0 spiro atoms. The molecule has 24 heavy (non-hydrogen) atoms. The van der Waals surface area contributed by atoms with Crippen LogP contribution in [0.1, 0.15) is 39.2 Å². The number of nitrogens with zero attached hydrogens (tertiary/aromatic N) is 1. The molecule has 1 amide bonds. The summed E-state index contributed by atoms with van der Waals surface area (Å²) < 4.78 is 10.6. The van der Waals surface area contributed by atoms with Crippen molar-refractivity contribution >= 4 is 23.5 Å². The SMILES string of the molecule is COC(=O)CCC(=O)N1CC(Oc2ccc(Cl)cc2C(C)(C)C)C1. The number of amides is 1. The molecule has 0 radical (unpaired) electrons. The lowest BCUT2D eigenvalue weighted by molar-refractivity contribution is -0.146. The van der Waals surface area contributed by atoms with Crippen LogP contribution in [0.15, 0.2) is 18.2 Å². The largest absolute Gasteiger partial charge is 0.486 e. The predicted molar refractivity (Wildman–Crippen MR) is 92.4 cm³/mol. The molecule has 0 bridgehead atoms. The Morgan fingerprint density at radius 2 is 1.92 bits per heavy atom. The van der Waals surface area contributed by atoms with Crippen LogP contribution in [0.2, 0.25) is 5.02 Å². The molecule has 1 heterocycles. The van der Waals surface area contributed by atoms with Crippen molar-refractivity contribution in [2.24, 2.45) is 0 Å². The first-order valence-corrected chi connectivity index (χ1v) is 8.40. The molecule has 0 aliphatic carbocycles. The van der Waals surface area contributed by atoms with Gasteiger partial charge in [0.25, 0.3) is 0 Å². The lowest BCUT2D eigenvalue weighted by Crippen LogP contribution is -2.56. The van der Waals surface area contributed by atoms with Crippen molar-refractivity contribution in [2.45, 2.75) is 45.1 Å². The number of likely N-dealkylation sites (tertiary alicyclic amines) is 1. The van der Waals surface area contributed by atoms with Gasteiger partial charge in [0.2, 0.25) is 5.91 Å². The molecular formula is C18H24ClNO4. The molecule has 6 heteroatoms. The Kier molecular flexibility index (Phi) is 5.75. The summed E-state index contributed by atoms with van der Waals surface area (Å²) >= 11 is 6.10. The molecule has 1 aromatic carbocycles. The van der Waals surface area contributed by atoms with Crippen LogP contribution in [-0.4, -0.2) is 43.1 Å². The highest BCUT2D eigenvalue weighted by molar-refractivity contribution is 6.30. The lowest BCUT2D eigenvalue weighted by Gasteiger charge is -2.40. The van der Waals surface area contributed by atoms with E-state index in [1.54, 1.807) is 4.90 Å². The minimum absolute atomic E-state index is 0.0330. The number of hydrogen-bond donors (Lipinski definition) is 0. The van der Waals surface area contributed by atoms with Crippen molar-refractivity contribution < 1.29 is 19.1 Å². The van der Waals surface area contributed by atoms with E-state index >= 15 is 0 Å². The Hall–Kier alpha value is -1.75. The highest BCUT2D eigenvalue weighted by Gasteiger charge is 2.33. The fourth-order valence-electron chi connectivity index (χ4n) is 2.56. The normalized spacial score (nSPS) is 15.0. The van der Waals surface area contributed by atoms with E-state index in [-0.39, 0.29) is 36.2 Å². The quantitative estimate of drug-likeness (QED) is 0.763. The third kappa shape index (κ3) is 4.63. The number of rotatable bonds is 5. The number of benzene rings is 1. The maximum atomic E-state index is 12.0. The number of carbonyl (C=O) groups excluding carboxylic acids is 2. The summed E-state index contributed by atoms with van der Waals surface area (Å²) in [6.45, 7) is 7.39. The van der Waals surface area contributed by atoms with Gasteiger partial charge in [0.1, 0.15) is 11.9 Å². The fourth-order valence-corrected chi connectivity index (χ4v) is 2.73. The van der Waals surface area contributed by atoms with Crippen LogP contribution in [0.4, 0.5) is 0 Å². The van der Waals surface area contributed by atoms with Crippen LogP contribution >= 0.6 is 11.6 Å². The van der Waals surface area contributed by atoms with Crippen LogP contribution < -0.4 is 4.74 Å². The van der Waals surface area contributed by atoms with Crippen molar-refractivity contribution in [1.82, 2.24) is 4.90 Å². The molecule has 132 valence electrons. The molecule has 5 nitrogen and oxygen atoms in total. The highest BCUT2D eigenvalue weighted by atomic mass is 35.5. The van der Waals surface area contributed by atoms with E-state index in [0.29, 0.717) is 18.1 Å². The fraction of sp³-hybridized carbons (Fsp3) is 0.556. The minimum atomic E-state index is -0.368. The molecule has 2 rings (SSSR count). The summed E-state index contributed by atoms with van der Waals surface area (Å²) in [4.78, 5) is 24.7. The zero-order chi connectivity index (χ0) is 17.9. The number of halogens is 1. The molecule has 0 saturated carbocycles. The van der Waals surface area contributed by atoms with Crippen LogP contribution in [-0.2, 0) is 19.7 Å². The van der Waals surface area contributed by atoms with Gasteiger partial charge in [-0.3, -0.25) is 9.59 Å². The number of esters is 1. The summed E-state index contributed by atoms with van der Waals surface area (Å²) in [6, 6.07) is 5.61. The minimum Gasteiger partial charge on any atom is -0.486 e. The Balaban J connectivity index is 1.90. The van der Waals surface area contributed by atoms with Gasteiger partial charge in [0, 0.05) is 17.0 Å². The van der Waals surface area contributed by atoms with E-state index < -0.39 is 0 Å². The molecule has 0 atom stereocenters. The summed E-state index contributed by atoms with van der Waals surface area (Å²) in [7, 11) is 1.32. The standard InChI is InChI=1S/C18H24ClNO4/c1-18(2,3)14-9-12(19)5-6-15(14)24-13-10-20(11-13)16(21)7-8-17(22)23-4/h5-6,9,13H,7-8,10-11H2,1-4H3. The number of carbonyl (C=O) groups is 2. The summed E-state index contributed by atoms with van der Waals surface area (Å²) in [5.41, 5.74) is 0.963. The van der Waals surface area contributed by atoms with Crippen LogP contribution in [0.5, 0.6) is 5.75 Å². The van der Waals surface area contributed by atoms with Crippen LogP contribution in [0.3, 0.4) is 0 Å². The van der Waals surface area contributed by atoms with Gasteiger partial charge in [0.15, 0.2) is 0 Å². The average molecular weight is 354 g/mol. The van der Waals surface area contributed by atoms with Gasteiger partial charge in [-0.05, 0) is 23.6 Å². The molecule has 1 fully saturated rings. The van der Waals surface area contributed by atoms with Gasteiger partial charge < -0.3 is 14.4 Å². The summed E-state index contributed by atoms with van der Waals surface area (Å²) in [5, 5.41) is 0.681. The number of hydrogen-bond acceptors (Lipinski definition) is 4. The van der Waals surface area contributed by atoms with Gasteiger partial charge in [-0.2, -0.15) is 0 Å². The van der Waals surface area contributed by atoms with E-state index in [2.05, 4.69) is 25.5 Å². The average Bonchev–Trinajstić information content (AvgIpc) is 2.47. The van der Waals surface area contributed by atoms with Gasteiger partial charge in [0.05, 0.1) is 26.6 Å². The predicted octanol–water partition coefficient (Wildman–Crippen LogP) is 3.18. The number of methoxy groups -OCH3 is 1. The topological polar surface area (TPSA) is 55.8 Å². The molecule has 1 aliphatic rings. The smallest absolute Gasteiger partial charge is 0.306 e. The maximum absolute atomic E-state index is 12.0. The second-order valence-electron chi connectivity index (χ2n) is 7.01. The van der Waals surface area contributed by atoms with Crippen molar-refractivity contribution in [2.75, 3.05) is 20.2 Å². The second kappa shape index (κ2) is 7.43. The maximum Gasteiger partial charge on any atom is 0.306 e. The van der Waals surface area contributed by atoms with Crippen molar-refractivity contribution in [3.63, 3.8) is 0 Å². The molecule has 1 aromatic rings. The van der Waals surface area contributed by atoms with Crippen LogP contribution in [0.25, 0.3) is 0 Å². The summed E-state index contributed by atoms with van der Waals surface area (Å²) in [5.74, 6) is 0.388. The monoisotopic (exact) mass is 353 g/mol. The first kappa shape index (κ1) is 18.6.